The van der Waals surface area contributed by atoms with Crippen LogP contribution in [-0.2, 0) is 11.3 Å². The molecule has 0 N–H and O–H groups in total. The Morgan fingerprint density at radius 1 is 1.09 bits per heavy atom. The molecule has 0 bridgehead atoms. The van der Waals surface area contributed by atoms with Crippen molar-refractivity contribution in [2.45, 2.75) is 32.2 Å². The number of carbonyl (C=O) groups excluding carboxylic acids is 1. The Morgan fingerprint density at radius 3 is 2.63 bits per heavy atom. The van der Waals surface area contributed by atoms with E-state index in [0.29, 0.717) is 42.7 Å². The number of para-hydroxylation sites is 2. The van der Waals surface area contributed by atoms with Crippen molar-refractivity contribution in [1.29, 1.82) is 0 Å². The number of ether oxygens (including phenoxy) is 2. The first kappa shape index (κ1) is 22.8. The van der Waals surface area contributed by atoms with Gasteiger partial charge in [0.25, 0.3) is 5.89 Å². The van der Waals surface area contributed by atoms with Crippen molar-refractivity contribution < 1.29 is 23.1 Å². The molecule has 2 aromatic heterocycles. The summed E-state index contributed by atoms with van der Waals surface area (Å²) in [6, 6.07) is 15.3. The highest BCUT2D eigenvalue weighted by Gasteiger charge is 2.27. The first-order chi connectivity index (χ1) is 17.1. The zero-order chi connectivity index (χ0) is 24.4. The van der Waals surface area contributed by atoms with Gasteiger partial charge in [0, 0.05) is 18.5 Å². The highest BCUT2D eigenvalue weighted by atomic mass is 16.5. The van der Waals surface area contributed by atoms with Gasteiger partial charge in [-0.1, -0.05) is 30.3 Å². The van der Waals surface area contributed by atoms with Gasteiger partial charge in [-0.05, 0) is 49.4 Å². The van der Waals surface area contributed by atoms with Gasteiger partial charge in [0.05, 0.1) is 13.7 Å². The number of amides is 1. The van der Waals surface area contributed by atoms with Gasteiger partial charge in [0.2, 0.25) is 5.91 Å². The van der Waals surface area contributed by atoms with Crippen molar-refractivity contribution in [2.75, 3.05) is 26.8 Å². The molecule has 9 nitrogen and oxygen atoms in total. The minimum atomic E-state index is -0.706. The predicted molar refractivity (Wildman–Crippen MR) is 129 cm³/mol. The van der Waals surface area contributed by atoms with Crippen molar-refractivity contribution in [3.05, 3.63) is 64.6 Å². The van der Waals surface area contributed by atoms with Crippen molar-refractivity contribution >= 4 is 16.9 Å². The SMILES string of the molecule is CCOc1cccc2cc(-c3nn(CC(=O)N4CCC(c5ccccc5OC)CC4)c(=O)o3)oc12. The minimum absolute atomic E-state index is 0.0244. The topological polar surface area (TPSA) is 99.9 Å². The molecule has 9 heteroatoms. The number of piperidine rings is 1. The van der Waals surface area contributed by atoms with Gasteiger partial charge >= 0.3 is 5.76 Å². The van der Waals surface area contributed by atoms with Crippen LogP contribution in [0.3, 0.4) is 0 Å². The van der Waals surface area contributed by atoms with Crippen LogP contribution >= 0.6 is 0 Å². The third kappa shape index (κ3) is 4.53. The number of rotatable bonds is 7. The average molecular weight is 478 g/mol. The zero-order valence-corrected chi connectivity index (χ0v) is 19.7. The quantitative estimate of drug-likeness (QED) is 0.396. The number of likely N-dealkylation sites (tertiary alicyclic amines) is 1. The Kier molecular flexibility index (Phi) is 6.31. The Balaban J connectivity index is 1.27. The highest BCUT2D eigenvalue weighted by molar-refractivity contribution is 5.86. The summed E-state index contributed by atoms with van der Waals surface area (Å²) in [6.45, 7) is 3.40. The standard InChI is InChI=1S/C26H27N3O6/c1-3-33-21-10-6-7-18-15-22(34-24(18)21)25-27-29(26(31)35-25)16-23(30)28-13-11-17(12-14-28)19-8-4-5-9-20(19)32-2/h4-10,15,17H,3,11-14,16H2,1-2H3. The van der Waals surface area contributed by atoms with Crippen LogP contribution in [0.4, 0.5) is 0 Å². The molecule has 0 spiro atoms. The molecule has 4 aromatic rings. The monoisotopic (exact) mass is 477 g/mol. The van der Waals surface area contributed by atoms with E-state index in [4.69, 9.17) is 18.3 Å². The summed E-state index contributed by atoms with van der Waals surface area (Å²) < 4.78 is 23.3. The number of furan rings is 1. The number of hydrogen-bond acceptors (Lipinski definition) is 7. The van der Waals surface area contributed by atoms with E-state index in [1.54, 1.807) is 18.1 Å². The molecule has 5 rings (SSSR count). The summed E-state index contributed by atoms with van der Waals surface area (Å²) >= 11 is 0. The van der Waals surface area contributed by atoms with E-state index in [-0.39, 0.29) is 18.3 Å². The Bertz CT molecular complexity index is 1390. The van der Waals surface area contributed by atoms with Crippen LogP contribution in [-0.4, -0.2) is 47.4 Å². The highest BCUT2D eigenvalue weighted by Crippen LogP contribution is 2.34. The van der Waals surface area contributed by atoms with Crippen molar-refractivity contribution in [3.8, 4) is 23.1 Å². The fourth-order valence-corrected chi connectivity index (χ4v) is 4.59. The van der Waals surface area contributed by atoms with E-state index < -0.39 is 5.76 Å². The fourth-order valence-electron chi connectivity index (χ4n) is 4.59. The van der Waals surface area contributed by atoms with E-state index >= 15 is 0 Å². The number of fused-ring (bicyclic) bond motifs is 1. The summed E-state index contributed by atoms with van der Waals surface area (Å²) in [5.41, 5.74) is 1.72. The zero-order valence-electron chi connectivity index (χ0n) is 19.7. The maximum absolute atomic E-state index is 12.9. The molecule has 182 valence electrons. The van der Waals surface area contributed by atoms with Gasteiger partial charge in [-0.3, -0.25) is 4.79 Å². The van der Waals surface area contributed by atoms with Gasteiger partial charge in [-0.2, -0.15) is 4.68 Å². The van der Waals surface area contributed by atoms with Crippen molar-refractivity contribution in [2.24, 2.45) is 0 Å². The van der Waals surface area contributed by atoms with E-state index in [1.807, 2.05) is 43.3 Å². The summed E-state index contributed by atoms with van der Waals surface area (Å²) in [5.74, 6) is 1.25. The second-order valence-electron chi connectivity index (χ2n) is 8.45. The van der Waals surface area contributed by atoms with Crippen LogP contribution in [0.5, 0.6) is 11.5 Å². The fraction of sp³-hybridized carbons (Fsp3) is 0.346. The molecule has 2 aromatic carbocycles. The lowest BCUT2D eigenvalue weighted by molar-refractivity contribution is -0.133. The Hall–Kier alpha value is -4.01. The van der Waals surface area contributed by atoms with Gasteiger partial charge in [-0.25, -0.2) is 4.79 Å². The van der Waals surface area contributed by atoms with Gasteiger partial charge in [0.1, 0.15) is 12.3 Å². The molecule has 0 radical (unpaired) electrons. The molecule has 0 atom stereocenters. The van der Waals surface area contributed by atoms with E-state index in [9.17, 15) is 9.59 Å². The molecular formula is C26H27N3O6. The molecule has 1 amide bonds. The van der Waals surface area contributed by atoms with Crippen LogP contribution in [0.2, 0.25) is 0 Å². The molecule has 35 heavy (non-hydrogen) atoms. The lowest BCUT2D eigenvalue weighted by Crippen LogP contribution is -2.41. The van der Waals surface area contributed by atoms with Crippen LogP contribution in [0.25, 0.3) is 22.6 Å². The molecule has 1 aliphatic rings. The van der Waals surface area contributed by atoms with Crippen LogP contribution in [0.15, 0.2) is 62.2 Å². The smallest absolute Gasteiger partial charge is 0.437 e. The molecule has 1 saturated heterocycles. The summed E-state index contributed by atoms with van der Waals surface area (Å²) in [4.78, 5) is 27.1. The lowest BCUT2D eigenvalue weighted by Gasteiger charge is -2.32. The molecule has 3 heterocycles. The van der Waals surface area contributed by atoms with Crippen LogP contribution in [0, 0.1) is 0 Å². The van der Waals surface area contributed by atoms with Gasteiger partial charge in [0.15, 0.2) is 17.1 Å². The third-order valence-electron chi connectivity index (χ3n) is 6.34. The Labute approximate surface area is 201 Å². The maximum Gasteiger partial charge on any atom is 0.437 e. The number of benzene rings is 2. The number of methoxy groups -OCH3 is 1. The van der Waals surface area contributed by atoms with Crippen molar-refractivity contribution in [1.82, 2.24) is 14.7 Å². The average Bonchev–Trinajstić information content (AvgIpc) is 3.48. The molecule has 1 aliphatic heterocycles. The Morgan fingerprint density at radius 2 is 1.86 bits per heavy atom. The van der Waals surface area contributed by atoms with Crippen LogP contribution < -0.4 is 15.2 Å². The number of aromatic nitrogens is 2. The molecule has 1 fully saturated rings. The van der Waals surface area contributed by atoms with E-state index in [2.05, 4.69) is 11.2 Å². The molecule has 0 aliphatic carbocycles. The van der Waals surface area contributed by atoms with Gasteiger partial charge < -0.3 is 23.2 Å². The van der Waals surface area contributed by atoms with E-state index in [0.717, 1.165) is 34.2 Å². The second-order valence-corrected chi connectivity index (χ2v) is 8.45. The number of hydrogen-bond donors (Lipinski definition) is 0. The van der Waals surface area contributed by atoms with E-state index in [1.165, 1.54) is 0 Å². The lowest BCUT2D eigenvalue weighted by atomic mass is 9.89. The first-order valence-corrected chi connectivity index (χ1v) is 11.7. The van der Waals surface area contributed by atoms with Crippen LogP contribution in [0.1, 0.15) is 31.2 Å². The second kappa shape index (κ2) is 9.69. The summed E-state index contributed by atoms with van der Waals surface area (Å²) in [7, 11) is 1.67. The predicted octanol–water partition coefficient (Wildman–Crippen LogP) is 4.06. The molecule has 0 saturated carbocycles. The maximum atomic E-state index is 12.9. The molecule has 0 unspecified atom stereocenters. The first-order valence-electron chi connectivity index (χ1n) is 11.7. The summed E-state index contributed by atoms with van der Waals surface area (Å²) in [6.07, 6.45) is 1.65. The summed E-state index contributed by atoms with van der Waals surface area (Å²) in [5, 5.41) is 5.01. The largest absolute Gasteiger partial charge is 0.496 e. The molecular weight excluding hydrogens is 450 g/mol. The third-order valence-corrected chi connectivity index (χ3v) is 6.34. The van der Waals surface area contributed by atoms with Gasteiger partial charge in [-0.15, -0.1) is 5.10 Å². The minimum Gasteiger partial charge on any atom is -0.496 e. The number of nitrogens with zero attached hydrogens (tertiary/aromatic N) is 3. The number of carbonyl (C=O) groups is 1. The van der Waals surface area contributed by atoms with Crippen molar-refractivity contribution in [3.63, 3.8) is 0 Å². The normalized spacial score (nSPS) is 14.4.